The first-order valence-electron chi connectivity index (χ1n) is 6.21. The molecule has 0 saturated carbocycles. The number of ether oxygens (including phenoxy) is 2. The van der Waals surface area contributed by atoms with E-state index in [2.05, 4.69) is 0 Å². The molecule has 0 fully saturated rings. The molecule has 0 atom stereocenters. The first-order valence-corrected chi connectivity index (χ1v) is 6.21. The average Bonchev–Trinajstić information content (AvgIpc) is 2.43. The van der Waals surface area contributed by atoms with E-state index >= 15 is 0 Å². The van der Waals surface area contributed by atoms with Crippen molar-refractivity contribution in [3.05, 3.63) is 35.9 Å². The maximum atomic E-state index is 12.2. The fourth-order valence-electron chi connectivity index (χ4n) is 2.29. The lowest BCUT2D eigenvalue weighted by atomic mass is 9.74. The third-order valence-electron chi connectivity index (χ3n) is 3.05. The summed E-state index contributed by atoms with van der Waals surface area (Å²) in [7, 11) is 2.56. The molecule has 1 aromatic carbocycles. The molecule has 0 aliphatic rings. The van der Waals surface area contributed by atoms with Gasteiger partial charge in [0.2, 0.25) is 0 Å². The van der Waals surface area contributed by atoms with Crippen LogP contribution in [0.3, 0.4) is 0 Å². The lowest BCUT2D eigenvalue weighted by molar-refractivity contribution is -0.163. The minimum atomic E-state index is -1.39. The summed E-state index contributed by atoms with van der Waals surface area (Å²) in [5.74, 6) is -1.03. The van der Waals surface area contributed by atoms with Gasteiger partial charge in [0.15, 0.2) is 5.41 Å². The van der Waals surface area contributed by atoms with Gasteiger partial charge >= 0.3 is 11.9 Å². The van der Waals surface area contributed by atoms with Gasteiger partial charge in [-0.1, -0.05) is 44.2 Å². The highest BCUT2D eigenvalue weighted by molar-refractivity contribution is 6.06. The molecule has 0 aliphatic carbocycles. The number of benzene rings is 1. The van der Waals surface area contributed by atoms with Crippen LogP contribution in [0.15, 0.2) is 30.3 Å². The van der Waals surface area contributed by atoms with Crippen molar-refractivity contribution in [2.24, 2.45) is 5.92 Å². The highest BCUT2D eigenvalue weighted by atomic mass is 16.5. The predicted octanol–water partition coefficient (Wildman–Crippen LogP) is 2.32. The number of carbonyl (C=O) groups excluding carboxylic acids is 2. The van der Waals surface area contributed by atoms with Gasteiger partial charge in [-0.15, -0.1) is 0 Å². The lowest BCUT2D eigenvalue weighted by Gasteiger charge is -2.30. The van der Waals surface area contributed by atoms with E-state index in [1.807, 2.05) is 19.9 Å². The van der Waals surface area contributed by atoms with E-state index in [1.54, 1.807) is 24.3 Å². The van der Waals surface area contributed by atoms with Gasteiger partial charge in [-0.25, -0.2) is 0 Å². The zero-order valence-electron chi connectivity index (χ0n) is 11.8. The number of carbonyl (C=O) groups is 2. The van der Waals surface area contributed by atoms with Crippen LogP contribution in [0.4, 0.5) is 0 Å². The Morgan fingerprint density at radius 1 is 1.05 bits per heavy atom. The lowest BCUT2D eigenvalue weighted by Crippen LogP contribution is -2.46. The molecule has 0 radical (unpaired) electrons. The monoisotopic (exact) mass is 264 g/mol. The summed E-state index contributed by atoms with van der Waals surface area (Å²) < 4.78 is 9.71. The maximum Gasteiger partial charge on any atom is 0.327 e. The van der Waals surface area contributed by atoms with Crippen molar-refractivity contribution in [3.8, 4) is 0 Å². The minimum Gasteiger partial charge on any atom is -0.468 e. The van der Waals surface area contributed by atoms with E-state index in [4.69, 9.17) is 9.47 Å². The Hall–Kier alpha value is -1.84. The Balaban J connectivity index is 3.43. The van der Waals surface area contributed by atoms with Gasteiger partial charge in [-0.05, 0) is 17.9 Å². The van der Waals surface area contributed by atoms with Crippen LogP contribution in [0.2, 0.25) is 0 Å². The van der Waals surface area contributed by atoms with Gasteiger partial charge in [0.1, 0.15) is 0 Å². The SMILES string of the molecule is COC(=O)C(CC(C)C)(C(=O)OC)c1ccccc1. The van der Waals surface area contributed by atoms with Gasteiger partial charge < -0.3 is 9.47 Å². The van der Waals surface area contributed by atoms with Crippen LogP contribution < -0.4 is 0 Å². The number of methoxy groups -OCH3 is 2. The smallest absolute Gasteiger partial charge is 0.327 e. The second-order valence-electron chi connectivity index (χ2n) is 4.85. The summed E-state index contributed by atoms with van der Waals surface area (Å²) in [5.41, 5.74) is -0.791. The van der Waals surface area contributed by atoms with Gasteiger partial charge in [-0.3, -0.25) is 9.59 Å². The Labute approximate surface area is 113 Å². The first kappa shape index (κ1) is 15.2. The van der Waals surface area contributed by atoms with Crippen LogP contribution in [0.25, 0.3) is 0 Å². The van der Waals surface area contributed by atoms with Crippen molar-refractivity contribution >= 4 is 11.9 Å². The molecule has 1 aromatic rings. The third-order valence-corrected chi connectivity index (χ3v) is 3.05. The summed E-state index contributed by atoms with van der Waals surface area (Å²) in [6.07, 6.45) is 0.344. The number of hydrogen-bond donors (Lipinski definition) is 0. The molecule has 0 saturated heterocycles. The standard InChI is InChI=1S/C15H20O4/c1-11(2)10-15(13(16)18-3,14(17)19-4)12-8-6-5-7-9-12/h5-9,11H,10H2,1-4H3. The van der Waals surface area contributed by atoms with Crippen molar-refractivity contribution < 1.29 is 19.1 Å². The zero-order chi connectivity index (χ0) is 14.5. The highest BCUT2D eigenvalue weighted by Crippen LogP contribution is 2.34. The number of hydrogen-bond acceptors (Lipinski definition) is 4. The topological polar surface area (TPSA) is 52.6 Å². The van der Waals surface area contributed by atoms with Crippen LogP contribution in [0.1, 0.15) is 25.8 Å². The van der Waals surface area contributed by atoms with Crippen LogP contribution in [-0.2, 0) is 24.5 Å². The van der Waals surface area contributed by atoms with Crippen molar-refractivity contribution in [2.45, 2.75) is 25.7 Å². The van der Waals surface area contributed by atoms with E-state index in [-0.39, 0.29) is 5.92 Å². The molecule has 0 amide bonds. The largest absolute Gasteiger partial charge is 0.468 e. The molecule has 0 unspecified atom stereocenters. The zero-order valence-corrected chi connectivity index (χ0v) is 11.8. The summed E-state index contributed by atoms with van der Waals surface area (Å²) in [6, 6.07) is 8.90. The number of rotatable bonds is 5. The molecule has 0 aromatic heterocycles. The quantitative estimate of drug-likeness (QED) is 0.605. The maximum absolute atomic E-state index is 12.2. The van der Waals surface area contributed by atoms with E-state index in [0.29, 0.717) is 12.0 Å². The summed E-state index contributed by atoms with van der Waals surface area (Å²) in [4.78, 5) is 24.5. The van der Waals surface area contributed by atoms with E-state index < -0.39 is 17.4 Å². The molecule has 0 spiro atoms. The molecule has 0 bridgehead atoms. The predicted molar refractivity (Wildman–Crippen MR) is 71.6 cm³/mol. The van der Waals surface area contributed by atoms with Crippen LogP contribution >= 0.6 is 0 Å². The van der Waals surface area contributed by atoms with Crippen LogP contribution in [-0.4, -0.2) is 26.2 Å². The molecular weight excluding hydrogens is 244 g/mol. The Bertz CT molecular complexity index is 421. The molecule has 0 heterocycles. The molecular formula is C15H20O4. The normalized spacial score (nSPS) is 11.2. The first-order chi connectivity index (χ1) is 8.98. The van der Waals surface area contributed by atoms with E-state index in [1.165, 1.54) is 14.2 Å². The Morgan fingerprint density at radius 2 is 1.53 bits per heavy atom. The van der Waals surface area contributed by atoms with Crippen molar-refractivity contribution in [3.63, 3.8) is 0 Å². The van der Waals surface area contributed by atoms with Crippen molar-refractivity contribution in [2.75, 3.05) is 14.2 Å². The fraction of sp³-hybridized carbons (Fsp3) is 0.467. The fourth-order valence-corrected chi connectivity index (χ4v) is 2.29. The number of esters is 2. The molecule has 1 rings (SSSR count). The van der Waals surface area contributed by atoms with E-state index in [0.717, 1.165) is 0 Å². The molecule has 0 N–H and O–H groups in total. The highest BCUT2D eigenvalue weighted by Gasteiger charge is 2.50. The van der Waals surface area contributed by atoms with Gasteiger partial charge in [0.25, 0.3) is 0 Å². The average molecular weight is 264 g/mol. The van der Waals surface area contributed by atoms with Crippen molar-refractivity contribution in [1.82, 2.24) is 0 Å². The van der Waals surface area contributed by atoms with Gasteiger partial charge in [0, 0.05) is 0 Å². The molecule has 0 aliphatic heterocycles. The van der Waals surface area contributed by atoms with Gasteiger partial charge in [0.05, 0.1) is 14.2 Å². The third kappa shape index (κ3) is 2.95. The molecule has 19 heavy (non-hydrogen) atoms. The molecule has 4 nitrogen and oxygen atoms in total. The van der Waals surface area contributed by atoms with Crippen LogP contribution in [0, 0.1) is 5.92 Å². The van der Waals surface area contributed by atoms with Crippen molar-refractivity contribution in [1.29, 1.82) is 0 Å². The van der Waals surface area contributed by atoms with Gasteiger partial charge in [-0.2, -0.15) is 0 Å². The summed E-state index contributed by atoms with van der Waals surface area (Å²) >= 11 is 0. The second kappa shape index (κ2) is 6.36. The second-order valence-corrected chi connectivity index (χ2v) is 4.85. The summed E-state index contributed by atoms with van der Waals surface area (Å²) in [5, 5.41) is 0. The van der Waals surface area contributed by atoms with E-state index in [9.17, 15) is 9.59 Å². The Morgan fingerprint density at radius 3 is 1.89 bits per heavy atom. The minimum absolute atomic E-state index is 0.137. The molecule has 104 valence electrons. The Kier molecular flexibility index (Phi) is 5.10. The summed E-state index contributed by atoms with van der Waals surface area (Å²) in [6.45, 7) is 3.90. The molecule has 4 heteroatoms. The van der Waals surface area contributed by atoms with Crippen LogP contribution in [0.5, 0.6) is 0 Å².